The Balaban J connectivity index is 1.99. The van der Waals surface area contributed by atoms with Gasteiger partial charge in [0.25, 0.3) is 0 Å². The van der Waals surface area contributed by atoms with Gasteiger partial charge in [0.05, 0.1) is 12.4 Å². The Bertz CT molecular complexity index is 715. The van der Waals surface area contributed by atoms with E-state index in [9.17, 15) is 13.4 Å². The summed E-state index contributed by atoms with van der Waals surface area (Å²) in [6.45, 7) is 2.44. The van der Waals surface area contributed by atoms with Crippen molar-refractivity contribution >= 4 is 10.8 Å². The number of hydrogen-bond donors (Lipinski definition) is 1. The van der Waals surface area contributed by atoms with Crippen LogP contribution in [0.2, 0.25) is 0 Å². The normalized spacial score (nSPS) is 12.1. The van der Waals surface area contributed by atoms with Gasteiger partial charge in [-0.1, -0.05) is 19.1 Å². The molecule has 1 aromatic heterocycles. The van der Waals surface area contributed by atoms with E-state index in [4.69, 9.17) is 4.74 Å². The Kier molecular flexibility index (Phi) is 5.89. The van der Waals surface area contributed by atoms with Gasteiger partial charge in [-0.25, -0.2) is 4.39 Å². The maximum Gasteiger partial charge on any atom is 0.223 e. The summed E-state index contributed by atoms with van der Waals surface area (Å²) in [6, 6.07) is 7.42. The predicted molar refractivity (Wildman–Crippen MR) is 84.8 cm³/mol. The minimum Gasteiger partial charge on any atom is -0.488 e. The molecule has 0 fully saturated rings. The zero-order valence-corrected chi connectivity index (χ0v) is 13.1. The van der Waals surface area contributed by atoms with E-state index < -0.39 is 10.8 Å². The molecule has 1 unspecified atom stereocenters. The standard InChI is InChI=1S/C16H18FNO3S/c1-2-6-21-16-9-18-14(8-15(16)19)11-22(20)10-12-4-3-5-13(17)7-12/h3-5,7-9H,2,6,10-11H2,1H3,(H,18,19). The molecule has 0 amide bonds. The second kappa shape index (κ2) is 7.89. The maximum atomic E-state index is 13.1. The molecule has 118 valence electrons. The van der Waals surface area contributed by atoms with Crippen molar-refractivity contribution in [1.82, 2.24) is 4.98 Å². The molecule has 0 radical (unpaired) electrons. The monoisotopic (exact) mass is 323 g/mol. The zero-order valence-electron chi connectivity index (χ0n) is 12.3. The quantitative estimate of drug-likeness (QED) is 0.852. The lowest BCUT2D eigenvalue weighted by molar-refractivity contribution is 0.313. The summed E-state index contributed by atoms with van der Waals surface area (Å²) in [6.07, 6.45) is 2.31. The molecule has 2 aromatic rings. The van der Waals surface area contributed by atoms with E-state index in [1.165, 1.54) is 24.4 Å². The van der Waals surface area contributed by atoms with Crippen LogP contribution in [0, 0.1) is 5.82 Å². The van der Waals surface area contributed by atoms with Crippen molar-refractivity contribution in [3.63, 3.8) is 0 Å². The number of nitrogens with one attached hydrogen (secondary N) is 1. The Hall–Kier alpha value is -1.95. The fourth-order valence-electron chi connectivity index (χ4n) is 1.95. The fourth-order valence-corrected chi connectivity index (χ4v) is 3.11. The molecule has 0 aliphatic rings. The molecule has 22 heavy (non-hydrogen) atoms. The van der Waals surface area contributed by atoms with Crippen LogP contribution in [0.4, 0.5) is 4.39 Å². The molecule has 0 spiro atoms. The minimum absolute atomic E-state index is 0.208. The number of benzene rings is 1. The Morgan fingerprint density at radius 1 is 1.27 bits per heavy atom. The first-order valence-corrected chi connectivity index (χ1v) is 8.51. The summed E-state index contributed by atoms with van der Waals surface area (Å²) >= 11 is 0. The third-order valence-corrected chi connectivity index (χ3v) is 4.22. The van der Waals surface area contributed by atoms with Crippen molar-refractivity contribution in [2.45, 2.75) is 24.9 Å². The SMILES string of the molecule is CCCOc1c[nH]c(CS(=O)Cc2cccc(F)c2)cc1=O. The lowest BCUT2D eigenvalue weighted by Gasteiger charge is -2.06. The number of rotatable bonds is 7. The van der Waals surface area contributed by atoms with E-state index in [-0.39, 0.29) is 28.5 Å². The topological polar surface area (TPSA) is 59.2 Å². The van der Waals surface area contributed by atoms with Crippen LogP contribution in [0.25, 0.3) is 0 Å². The molecule has 1 aromatic carbocycles. The molecule has 4 nitrogen and oxygen atoms in total. The second-order valence-electron chi connectivity index (χ2n) is 4.89. The van der Waals surface area contributed by atoms with E-state index in [1.807, 2.05) is 6.92 Å². The van der Waals surface area contributed by atoms with E-state index in [1.54, 1.807) is 12.1 Å². The number of aromatic nitrogens is 1. The fraction of sp³-hybridized carbons (Fsp3) is 0.312. The number of pyridine rings is 1. The van der Waals surface area contributed by atoms with Gasteiger partial charge in [0, 0.05) is 34.5 Å². The van der Waals surface area contributed by atoms with Gasteiger partial charge in [0.1, 0.15) is 5.82 Å². The van der Waals surface area contributed by atoms with Gasteiger partial charge in [0.15, 0.2) is 5.75 Å². The summed E-state index contributed by atoms with van der Waals surface area (Å²) in [5, 5.41) is 0. The van der Waals surface area contributed by atoms with E-state index in [0.717, 1.165) is 6.42 Å². The zero-order chi connectivity index (χ0) is 15.9. The second-order valence-corrected chi connectivity index (χ2v) is 6.35. The number of ether oxygens (including phenoxy) is 1. The van der Waals surface area contributed by atoms with Gasteiger partial charge < -0.3 is 9.72 Å². The highest BCUT2D eigenvalue weighted by atomic mass is 32.2. The molecule has 1 N–H and O–H groups in total. The molecule has 1 heterocycles. The molecule has 6 heteroatoms. The predicted octanol–water partition coefficient (Wildman–Crippen LogP) is 2.75. The Morgan fingerprint density at radius 2 is 2.09 bits per heavy atom. The third-order valence-electron chi connectivity index (χ3n) is 2.93. The van der Waals surface area contributed by atoms with E-state index in [2.05, 4.69) is 4.98 Å². The van der Waals surface area contributed by atoms with Crippen LogP contribution in [0.3, 0.4) is 0 Å². The van der Waals surface area contributed by atoms with Crippen LogP contribution in [0.15, 0.2) is 41.3 Å². The van der Waals surface area contributed by atoms with Gasteiger partial charge in [-0.3, -0.25) is 9.00 Å². The lowest BCUT2D eigenvalue weighted by Crippen LogP contribution is -2.11. The lowest BCUT2D eigenvalue weighted by atomic mass is 10.2. The molecule has 1 atom stereocenters. The van der Waals surface area contributed by atoms with Crippen molar-refractivity contribution in [2.75, 3.05) is 6.61 Å². The molecule has 2 rings (SSSR count). The van der Waals surface area contributed by atoms with Crippen molar-refractivity contribution in [3.05, 3.63) is 63.8 Å². The van der Waals surface area contributed by atoms with E-state index in [0.29, 0.717) is 17.9 Å². The van der Waals surface area contributed by atoms with Crippen molar-refractivity contribution in [2.24, 2.45) is 0 Å². The average molecular weight is 323 g/mol. The van der Waals surface area contributed by atoms with Gasteiger partial charge in [-0.2, -0.15) is 0 Å². The first kappa shape index (κ1) is 16.4. The Morgan fingerprint density at radius 3 is 2.77 bits per heavy atom. The largest absolute Gasteiger partial charge is 0.488 e. The van der Waals surface area contributed by atoms with Crippen LogP contribution in [-0.4, -0.2) is 15.8 Å². The van der Waals surface area contributed by atoms with Gasteiger partial charge >= 0.3 is 0 Å². The highest BCUT2D eigenvalue weighted by molar-refractivity contribution is 7.83. The number of hydrogen-bond acceptors (Lipinski definition) is 3. The van der Waals surface area contributed by atoms with Gasteiger partial charge in [-0.05, 0) is 24.1 Å². The van der Waals surface area contributed by atoms with Crippen LogP contribution >= 0.6 is 0 Å². The highest BCUT2D eigenvalue weighted by Gasteiger charge is 2.07. The summed E-state index contributed by atoms with van der Waals surface area (Å²) < 4.78 is 30.5. The molecular weight excluding hydrogens is 305 g/mol. The minimum atomic E-state index is -1.23. The smallest absolute Gasteiger partial charge is 0.223 e. The highest BCUT2D eigenvalue weighted by Crippen LogP contribution is 2.10. The Labute approximate surface area is 130 Å². The average Bonchev–Trinajstić information content (AvgIpc) is 2.46. The summed E-state index contributed by atoms with van der Waals surface area (Å²) in [5.41, 5.74) is 1.01. The maximum absolute atomic E-state index is 13.1. The van der Waals surface area contributed by atoms with Crippen molar-refractivity contribution in [3.8, 4) is 5.75 Å². The van der Waals surface area contributed by atoms with Crippen LogP contribution in [0.1, 0.15) is 24.6 Å². The summed E-state index contributed by atoms with van der Waals surface area (Å²) in [5.74, 6) is 0.370. The third kappa shape index (κ3) is 4.80. The molecule has 0 aliphatic heterocycles. The summed E-state index contributed by atoms with van der Waals surface area (Å²) in [7, 11) is -1.23. The van der Waals surface area contributed by atoms with Gasteiger partial charge in [-0.15, -0.1) is 0 Å². The van der Waals surface area contributed by atoms with E-state index >= 15 is 0 Å². The first-order valence-electron chi connectivity index (χ1n) is 7.02. The summed E-state index contributed by atoms with van der Waals surface area (Å²) in [4.78, 5) is 14.8. The molecule has 0 aliphatic carbocycles. The molecule has 0 saturated heterocycles. The van der Waals surface area contributed by atoms with Crippen LogP contribution in [0.5, 0.6) is 5.75 Å². The van der Waals surface area contributed by atoms with Crippen LogP contribution in [-0.2, 0) is 22.3 Å². The van der Waals surface area contributed by atoms with Crippen molar-refractivity contribution in [1.29, 1.82) is 0 Å². The first-order chi connectivity index (χ1) is 10.6. The van der Waals surface area contributed by atoms with Crippen molar-refractivity contribution < 1.29 is 13.3 Å². The van der Waals surface area contributed by atoms with Crippen LogP contribution < -0.4 is 10.2 Å². The molecule has 0 saturated carbocycles. The number of halogens is 1. The number of H-pyrrole nitrogens is 1. The molecular formula is C16H18FNO3S. The molecule has 0 bridgehead atoms. The van der Waals surface area contributed by atoms with Gasteiger partial charge in [0.2, 0.25) is 5.43 Å². The number of aromatic amines is 1.